The van der Waals surface area contributed by atoms with Gasteiger partial charge in [0.1, 0.15) is 23.8 Å². The van der Waals surface area contributed by atoms with E-state index in [1.165, 1.54) is 6.07 Å². The standard InChI is InChI=1S/C24H33FN6O/c1-2-26-22-17-23(28-18-27-22)30-11-9-19(10-12-30)7-8-24(32)31-15-13-29(14-16-31)21-6-4-3-5-20(21)25/h3-6,17-19H,2,7-16H2,1H3,(H,26,27,28). The number of hydrogen-bond acceptors (Lipinski definition) is 6. The number of nitrogens with zero attached hydrogens (tertiary/aromatic N) is 5. The molecule has 2 aliphatic rings. The Bertz CT molecular complexity index is 894. The number of para-hydroxylation sites is 1. The maximum absolute atomic E-state index is 14.0. The quantitative estimate of drug-likeness (QED) is 0.712. The molecule has 172 valence electrons. The van der Waals surface area contributed by atoms with Gasteiger partial charge in [0.25, 0.3) is 0 Å². The molecule has 1 aromatic heterocycles. The largest absolute Gasteiger partial charge is 0.370 e. The second kappa shape index (κ2) is 10.6. The van der Waals surface area contributed by atoms with Crippen molar-refractivity contribution in [3.63, 3.8) is 0 Å². The van der Waals surface area contributed by atoms with Crippen LogP contribution < -0.4 is 15.1 Å². The summed E-state index contributed by atoms with van der Waals surface area (Å²) in [6, 6.07) is 8.87. The van der Waals surface area contributed by atoms with E-state index in [-0.39, 0.29) is 11.7 Å². The first-order valence-electron chi connectivity index (χ1n) is 11.7. The number of anilines is 3. The highest BCUT2D eigenvalue weighted by molar-refractivity contribution is 5.76. The maximum atomic E-state index is 14.0. The van der Waals surface area contributed by atoms with Crippen molar-refractivity contribution >= 4 is 23.2 Å². The van der Waals surface area contributed by atoms with Crippen LogP contribution in [0.2, 0.25) is 0 Å². The van der Waals surface area contributed by atoms with Crippen molar-refractivity contribution in [1.82, 2.24) is 14.9 Å². The number of piperazine rings is 1. The summed E-state index contributed by atoms with van der Waals surface area (Å²) in [5.41, 5.74) is 0.632. The molecule has 3 heterocycles. The molecule has 7 nitrogen and oxygen atoms in total. The molecule has 4 rings (SSSR count). The SMILES string of the molecule is CCNc1cc(N2CCC(CCC(=O)N3CCN(c4ccccc4F)CC3)CC2)ncn1. The van der Waals surface area contributed by atoms with Gasteiger partial charge in [-0.25, -0.2) is 14.4 Å². The van der Waals surface area contributed by atoms with Crippen LogP contribution in [0.25, 0.3) is 0 Å². The van der Waals surface area contributed by atoms with Crippen LogP contribution >= 0.6 is 0 Å². The minimum absolute atomic E-state index is 0.196. The van der Waals surface area contributed by atoms with Gasteiger partial charge in [-0.2, -0.15) is 0 Å². The van der Waals surface area contributed by atoms with E-state index in [0.29, 0.717) is 44.2 Å². The topological polar surface area (TPSA) is 64.6 Å². The Morgan fingerprint density at radius 1 is 1.06 bits per heavy atom. The summed E-state index contributed by atoms with van der Waals surface area (Å²) >= 11 is 0. The van der Waals surface area contributed by atoms with Gasteiger partial charge in [0.05, 0.1) is 5.69 Å². The fraction of sp³-hybridized carbons (Fsp3) is 0.542. The predicted molar refractivity (Wildman–Crippen MR) is 126 cm³/mol. The zero-order valence-electron chi connectivity index (χ0n) is 18.8. The number of amides is 1. The van der Waals surface area contributed by atoms with E-state index >= 15 is 0 Å². The molecule has 0 saturated carbocycles. The van der Waals surface area contributed by atoms with Crippen LogP contribution in [0, 0.1) is 11.7 Å². The van der Waals surface area contributed by atoms with Crippen LogP contribution in [0.5, 0.6) is 0 Å². The summed E-state index contributed by atoms with van der Waals surface area (Å²) in [5, 5.41) is 3.23. The summed E-state index contributed by atoms with van der Waals surface area (Å²) in [7, 11) is 0. The molecular weight excluding hydrogens is 407 g/mol. The molecule has 1 N–H and O–H groups in total. The minimum atomic E-state index is -0.196. The third-order valence-electron chi connectivity index (χ3n) is 6.54. The highest BCUT2D eigenvalue weighted by atomic mass is 19.1. The molecule has 1 amide bonds. The van der Waals surface area contributed by atoms with Crippen molar-refractivity contribution in [3.8, 4) is 0 Å². The molecule has 2 aliphatic heterocycles. The number of hydrogen-bond donors (Lipinski definition) is 1. The zero-order valence-corrected chi connectivity index (χ0v) is 18.8. The third kappa shape index (κ3) is 5.47. The van der Waals surface area contributed by atoms with E-state index in [4.69, 9.17) is 0 Å². The highest BCUT2D eigenvalue weighted by Crippen LogP contribution is 2.26. The number of piperidine rings is 1. The van der Waals surface area contributed by atoms with Gasteiger partial charge in [0.15, 0.2) is 0 Å². The van der Waals surface area contributed by atoms with Crippen LogP contribution in [-0.2, 0) is 4.79 Å². The van der Waals surface area contributed by atoms with Crippen LogP contribution in [0.15, 0.2) is 36.7 Å². The molecule has 1 aromatic carbocycles. The van der Waals surface area contributed by atoms with Crippen LogP contribution in [0.3, 0.4) is 0 Å². The molecule has 0 atom stereocenters. The van der Waals surface area contributed by atoms with Crippen molar-refractivity contribution in [2.75, 3.05) is 60.9 Å². The second-order valence-electron chi connectivity index (χ2n) is 8.58. The van der Waals surface area contributed by atoms with Gasteiger partial charge in [-0.1, -0.05) is 12.1 Å². The van der Waals surface area contributed by atoms with E-state index in [1.807, 2.05) is 28.0 Å². The van der Waals surface area contributed by atoms with Gasteiger partial charge < -0.3 is 20.0 Å². The molecule has 2 fully saturated rings. The summed E-state index contributed by atoms with van der Waals surface area (Å²) in [5.74, 6) is 2.44. The van der Waals surface area contributed by atoms with Gasteiger partial charge in [0.2, 0.25) is 5.91 Å². The first-order valence-corrected chi connectivity index (χ1v) is 11.7. The monoisotopic (exact) mass is 440 g/mol. The van der Waals surface area contributed by atoms with Crippen LogP contribution in [0.1, 0.15) is 32.6 Å². The average molecular weight is 441 g/mol. The molecule has 0 radical (unpaired) electrons. The smallest absolute Gasteiger partial charge is 0.222 e. The molecule has 32 heavy (non-hydrogen) atoms. The van der Waals surface area contributed by atoms with Crippen molar-refractivity contribution in [2.45, 2.75) is 32.6 Å². The predicted octanol–water partition coefficient (Wildman–Crippen LogP) is 3.39. The maximum Gasteiger partial charge on any atom is 0.222 e. The summed E-state index contributed by atoms with van der Waals surface area (Å²) in [6.45, 7) is 7.49. The number of rotatable bonds is 7. The lowest BCUT2D eigenvalue weighted by molar-refractivity contribution is -0.131. The van der Waals surface area contributed by atoms with E-state index in [0.717, 1.165) is 50.5 Å². The fourth-order valence-electron chi connectivity index (χ4n) is 4.64. The number of carbonyl (C=O) groups is 1. The van der Waals surface area contributed by atoms with Crippen molar-refractivity contribution in [1.29, 1.82) is 0 Å². The number of aromatic nitrogens is 2. The molecule has 0 spiro atoms. The van der Waals surface area contributed by atoms with Crippen molar-refractivity contribution < 1.29 is 9.18 Å². The Hall–Kier alpha value is -2.90. The number of nitrogens with one attached hydrogen (secondary N) is 1. The van der Waals surface area contributed by atoms with Gasteiger partial charge in [0, 0.05) is 58.3 Å². The molecule has 2 saturated heterocycles. The van der Waals surface area contributed by atoms with E-state index in [9.17, 15) is 9.18 Å². The molecular formula is C24H33FN6O. The average Bonchev–Trinajstić information content (AvgIpc) is 2.84. The number of benzene rings is 1. The molecule has 0 aliphatic carbocycles. The highest BCUT2D eigenvalue weighted by Gasteiger charge is 2.25. The van der Waals surface area contributed by atoms with E-state index in [1.54, 1.807) is 12.4 Å². The normalized spacial score (nSPS) is 17.5. The lowest BCUT2D eigenvalue weighted by Crippen LogP contribution is -2.49. The van der Waals surface area contributed by atoms with E-state index in [2.05, 4.69) is 27.1 Å². The summed E-state index contributed by atoms with van der Waals surface area (Å²) < 4.78 is 14.0. The Morgan fingerprint density at radius 3 is 2.53 bits per heavy atom. The number of carbonyl (C=O) groups excluding carboxylic acids is 1. The van der Waals surface area contributed by atoms with Gasteiger partial charge >= 0.3 is 0 Å². The van der Waals surface area contributed by atoms with Crippen LogP contribution in [-0.4, -0.2) is 66.6 Å². The number of halogens is 1. The molecule has 0 bridgehead atoms. The lowest BCUT2D eigenvalue weighted by atomic mass is 9.92. The summed E-state index contributed by atoms with van der Waals surface area (Å²) in [6.07, 6.45) is 5.31. The molecule has 0 unspecified atom stereocenters. The first kappa shape index (κ1) is 22.3. The second-order valence-corrected chi connectivity index (χ2v) is 8.58. The Labute approximate surface area is 189 Å². The first-order chi connectivity index (χ1) is 15.6. The third-order valence-corrected chi connectivity index (χ3v) is 6.54. The van der Waals surface area contributed by atoms with Crippen molar-refractivity contribution in [3.05, 3.63) is 42.5 Å². The minimum Gasteiger partial charge on any atom is -0.370 e. The molecule has 8 heteroatoms. The Morgan fingerprint density at radius 2 is 1.81 bits per heavy atom. The zero-order chi connectivity index (χ0) is 22.3. The van der Waals surface area contributed by atoms with Gasteiger partial charge in [-0.15, -0.1) is 0 Å². The van der Waals surface area contributed by atoms with Crippen LogP contribution in [0.4, 0.5) is 21.7 Å². The lowest BCUT2D eigenvalue weighted by Gasteiger charge is -2.37. The van der Waals surface area contributed by atoms with Gasteiger partial charge in [-0.05, 0) is 44.2 Å². The van der Waals surface area contributed by atoms with E-state index < -0.39 is 0 Å². The molecule has 2 aromatic rings. The Kier molecular flexibility index (Phi) is 7.39. The summed E-state index contributed by atoms with van der Waals surface area (Å²) in [4.78, 5) is 27.7. The fourth-order valence-corrected chi connectivity index (χ4v) is 4.64. The van der Waals surface area contributed by atoms with Gasteiger partial charge in [-0.3, -0.25) is 4.79 Å². The Balaban J connectivity index is 1.19. The van der Waals surface area contributed by atoms with Crippen molar-refractivity contribution in [2.24, 2.45) is 5.92 Å².